The minimum atomic E-state index is -0.950. The lowest BCUT2D eigenvalue weighted by Crippen LogP contribution is -2.20. The van der Waals surface area contributed by atoms with E-state index in [4.69, 9.17) is 9.94 Å². The lowest BCUT2D eigenvalue weighted by Gasteiger charge is -2.13. The summed E-state index contributed by atoms with van der Waals surface area (Å²) in [5.41, 5.74) is 2.18. The Morgan fingerprint density at radius 1 is 1.36 bits per heavy atom. The second kappa shape index (κ2) is 6.72. The van der Waals surface area contributed by atoms with Crippen LogP contribution in [0.3, 0.4) is 0 Å². The van der Waals surface area contributed by atoms with Gasteiger partial charge in [0.05, 0.1) is 7.11 Å². The summed E-state index contributed by atoms with van der Waals surface area (Å²) in [6, 6.07) is 5.74. The molecule has 0 saturated heterocycles. The Balaban J connectivity index is 2.22. The molecular formula is C14H14FN3O4. The van der Waals surface area contributed by atoms with E-state index in [2.05, 4.69) is 10.3 Å². The molecule has 22 heavy (non-hydrogen) atoms. The second-order valence-corrected chi connectivity index (χ2v) is 4.32. The van der Waals surface area contributed by atoms with E-state index in [9.17, 15) is 14.3 Å². The van der Waals surface area contributed by atoms with Gasteiger partial charge in [-0.25, -0.2) is 14.9 Å². The maximum Gasteiger partial charge on any atom is 0.297 e. The predicted molar refractivity (Wildman–Crippen MR) is 75.4 cm³/mol. The summed E-state index contributed by atoms with van der Waals surface area (Å²) >= 11 is 0. The maximum atomic E-state index is 12.8. The van der Waals surface area contributed by atoms with Crippen molar-refractivity contribution >= 4 is 11.6 Å². The maximum absolute atomic E-state index is 12.8. The first kappa shape index (κ1) is 15.5. The van der Waals surface area contributed by atoms with Crippen molar-refractivity contribution in [3.63, 3.8) is 0 Å². The zero-order valence-corrected chi connectivity index (χ0v) is 11.6. The Morgan fingerprint density at radius 3 is 2.64 bits per heavy atom. The number of rotatable bonds is 5. The van der Waals surface area contributed by atoms with Crippen LogP contribution in [0.15, 0.2) is 30.5 Å². The Bertz CT molecular complexity index is 677. The molecule has 0 aliphatic rings. The van der Waals surface area contributed by atoms with Gasteiger partial charge in [-0.1, -0.05) is 0 Å². The van der Waals surface area contributed by atoms with Crippen molar-refractivity contribution in [3.05, 3.63) is 47.5 Å². The molecule has 0 saturated carbocycles. The third-order valence-corrected chi connectivity index (χ3v) is 2.93. The lowest BCUT2D eigenvalue weighted by atomic mass is 10.2. The van der Waals surface area contributed by atoms with Gasteiger partial charge in [0.25, 0.3) is 5.91 Å². The van der Waals surface area contributed by atoms with Crippen LogP contribution in [0.5, 0.6) is 11.5 Å². The van der Waals surface area contributed by atoms with Crippen LogP contribution >= 0.6 is 0 Å². The van der Waals surface area contributed by atoms with Crippen LogP contribution in [0.4, 0.5) is 10.1 Å². The number of nitrogens with zero attached hydrogens (tertiary/aromatic N) is 1. The summed E-state index contributed by atoms with van der Waals surface area (Å²) < 4.78 is 17.9. The number of halogens is 1. The molecule has 0 atom stereocenters. The average Bonchev–Trinajstić information content (AvgIpc) is 2.53. The fourth-order valence-corrected chi connectivity index (χ4v) is 1.86. The molecule has 4 N–H and O–H groups in total. The van der Waals surface area contributed by atoms with Crippen LogP contribution in [0.1, 0.15) is 16.1 Å². The summed E-state index contributed by atoms with van der Waals surface area (Å²) in [5.74, 6) is -1.72. The molecule has 0 unspecified atom stereocenters. The number of aromatic hydroxyl groups is 1. The SMILES string of the molecule is COc1c(CNc2ccc(F)cc2)cnc(C(=O)NO)c1O. The van der Waals surface area contributed by atoms with E-state index in [1.54, 1.807) is 12.1 Å². The van der Waals surface area contributed by atoms with Crippen molar-refractivity contribution in [3.8, 4) is 11.5 Å². The van der Waals surface area contributed by atoms with Gasteiger partial charge in [-0.15, -0.1) is 0 Å². The Morgan fingerprint density at radius 2 is 2.05 bits per heavy atom. The number of hydrogen-bond acceptors (Lipinski definition) is 6. The fourth-order valence-electron chi connectivity index (χ4n) is 1.86. The topological polar surface area (TPSA) is 104 Å². The quantitative estimate of drug-likeness (QED) is 0.495. The Hall–Kier alpha value is -2.87. The Kier molecular flexibility index (Phi) is 4.74. The van der Waals surface area contributed by atoms with E-state index in [1.165, 1.54) is 30.9 Å². The predicted octanol–water partition coefficient (Wildman–Crippen LogP) is 1.67. The third kappa shape index (κ3) is 3.23. The van der Waals surface area contributed by atoms with E-state index >= 15 is 0 Å². The van der Waals surface area contributed by atoms with Crippen LogP contribution in [0, 0.1) is 5.82 Å². The number of carbonyl (C=O) groups excluding carboxylic acids is 1. The van der Waals surface area contributed by atoms with Crippen molar-refractivity contribution in [1.29, 1.82) is 0 Å². The number of amides is 1. The van der Waals surface area contributed by atoms with Gasteiger partial charge in [0.2, 0.25) is 0 Å². The molecule has 116 valence electrons. The van der Waals surface area contributed by atoms with Crippen LogP contribution in [0.25, 0.3) is 0 Å². The first-order valence-corrected chi connectivity index (χ1v) is 6.25. The molecule has 1 aromatic heterocycles. The molecule has 7 nitrogen and oxygen atoms in total. The van der Waals surface area contributed by atoms with Gasteiger partial charge in [-0.3, -0.25) is 10.0 Å². The number of aromatic nitrogens is 1. The van der Waals surface area contributed by atoms with Gasteiger partial charge in [0, 0.05) is 24.0 Å². The van der Waals surface area contributed by atoms with Gasteiger partial charge in [0.15, 0.2) is 17.2 Å². The number of ether oxygens (including phenoxy) is 1. The molecule has 8 heteroatoms. The van der Waals surface area contributed by atoms with Gasteiger partial charge < -0.3 is 15.2 Å². The van der Waals surface area contributed by atoms with Crippen LogP contribution in [0.2, 0.25) is 0 Å². The molecule has 0 bridgehead atoms. The van der Waals surface area contributed by atoms with E-state index in [-0.39, 0.29) is 23.8 Å². The van der Waals surface area contributed by atoms with Crippen molar-refractivity contribution < 1.29 is 24.2 Å². The standard InChI is InChI=1S/C14H14FN3O4/c1-22-13-8(6-16-10-4-2-9(15)3-5-10)7-17-11(12(13)19)14(20)18-21/h2-5,7,16,19,21H,6H2,1H3,(H,18,20). The number of hydroxylamine groups is 1. The Labute approximate surface area is 125 Å². The largest absolute Gasteiger partial charge is 0.503 e. The highest BCUT2D eigenvalue weighted by Gasteiger charge is 2.19. The summed E-state index contributed by atoms with van der Waals surface area (Å²) in [6.45, 7) is 0.233. The van der Waals surface area contributed by atoms with E-state index in [0.717, 1.165) is 0 Å². The van der Waals surface area contributed by atoms with Crippen molar-refractivity contribution in [1.82, 2.24) is 10.5 Å². The minimum Gasteiger partial charge on any atom is -0.503 e. The van der Waals surface area contributed by atoms with Gasteiger partial charge in [-0.2, -0.15) is 0 Å². The molecule has 0 radical (unpaired) electrons. The second-order valence-electron chi connectivity index (χ2n) is 4.32. The number of anilines is 1. The van der Waals surface area contributed by atoms with Gasteiger partial charge >= 0.3 is 0 Å². The van der Waals surface area contributed by atoms with E-state index in [1.807, 2.05) is 0 Å². The lowest BCUT2D eigenvalue weighted by molar-refractivity contribution is 0.0696. The first-order valence-electron chi connectivity index (χ1n) is 6.25. The van der Waals surface area contributed by atoms with Crippen molar-refractivity contribution in [2.45, 2.75) is 6.54 Å². The van der Waals surface area contributed by atoms with Crippen LogP contribution < -0.4 is 15.5 Å². The molecular weight excluding hydrogens is 293 g/mol. The third-order valence-electron chi connectivity index (χ3n) is 2.93. The zero-order valence-electron chi connectivity index (χ0n) is 11.6. The monoisotopic (exact) mass is 307 g/mol. The highest BCUT2D eigenvalue weighted by molar-refractivity contribution is 5.95. The number of methoxy groups -OCH3 is 1. The fraction of sp³-hybridized carbons (Fsp3) is 0.143. The number of carbonyl (C=O) groups is 1. The summed E-state index contributed by atoms with van der Waals surface area (Å²) in [6.07, 6.45) is 1.33. The highest BCUT2D eigenvalue weighted by atomic mass is 19.1. The number of hydrogen-bond donors (Lipinski definition) is 4. The zero-order chi connectivity index (χ0) is 16.1. The number of benzene rings is 1. The molecule has 2 aromatic rings. The van der Waals surface area contributed by atoms with Crippen LogP contribution in [-0.4, -0.2) is 28.3 Å². The average molecular weight is 307 g/mol. The van der Waals surface area contributed by atoms with Crippen LogP contribution in [-0.2, 0) is 6.54 Å². The summed E-state index contributed by atoms with van der Waals surface area (Å²) in [7, 11) is 1.33. The number of pyridine rings is 1. The van der Waals surface area contributed by atoms with Crippen molar-refractivity contribution in [2.24, 2.45) is 0 Å². The minimum absolute atomic E-state index is 0.0585. The molecule has 1 amide bonds. The normalized spacial score (nSPS) is 10.1. The molecule has 2 rings (SSSR count). The summed E-state index contributed by atoms with van der Waals surface area (Å²) in [4.78, 5) is 15.1. The van der Waals surface area contributed by atoms with Gasteiger partial charge in [-0.05, 0) is 24.3 Å². The van der Waals surface area contributed by atoms with E-state index < -0.39 is 11.7 Å². The van der Waals surface area contributed by atoms with Crippen molar-refractivity contribution in [2.75, 3.05) is 12.4 Å². The molecule has 1 aromatic carbocycles. The smallest absolute Gasteiger partial charge is 0.297 e. The summed E-state index contributed by atoms with van der Waals surface area (Å²) in [5, 5.41) is 21.6. The molecule has 1 heterocycles. The molecule has 0 spiro atoms. The molecule has 0 aliphatic heterocycles. The molecule has 0 aliphatic carbocycles. The highest BCUT2D eigenvalue weighted by Crippen LogP contribution is 2.32. The van der Waals surface area contributed by atoms with E-state index in [0.29, 0.717) is 11.3 Å². The molecule has 0 fully saturated rings. The number of nitrogens with one attached hydrogen (secondary N) is 2. The van der Waals surface area contributed by atoms with Gasteiger partial charge in [0.1, 0.15) is 5.82 Å². The first-order chi connectivity index (χ1) is 10.6.